The summed E-state index contributed by atoms with van der Waals surface area (Å²) in [6.45, 7) is 6.37. The van der Waals surface area contributed by atoms with Crippen molar-refractivity contribution in [3.63, 3.8) is 0 Å². The molecule has 0 unspecified atom stereocenters. The summed E-state index contributed by atoms with van der Waals surface area (Å²) in [5.74, 6) is 0.234. The van der Waals surface area contributed by atoms with Crippen molar-refractivity contribution >= 4 is 16.9 Å². The van der Waals surface area contributed by atoms with Crippen LogP contribution in [0.1, 0.15) is 61.6 Å². The van der Waals surface area contributed by atoms with Crippen LogP contribution in [-0.2, 0) is 4.84 Å². The fraction of sp³-hybridized carbons (Fsp3) is 0.533. The Labute approximate surface area is 123 Å². The van der Waals surface area contributed by atoms with Crippen molar-refractivity contribution in [3.8, 4) is 0 Å². The molecular formula is C15H20N4O2. The molecule has 1 amide bonds. The number of hydrogen-bond acceptors (Lipinski definition) is 4. The number of amides is 1. The second-order valence-corrected chi connectivity index (χ2v) is 5.65. The zero-order valence-electron chi connectivity index (χ0n) is 12.6. The molecule has 0 spiro atoms. The van der Waals surface area contributed by atoms with Gasteiger partial charge < -0.3 is 0 Å². The molecule has 0 radical (unpaired) electrons. The Balaban J connectivity index is 2.10. The molecule has 2 aromatic rings. The number of carbonyl (C=O) groups excluding carboxylic acids is 1. The molecule has 0 aliphatic heterocycles. The third kappa shape index (κ3) is 2.63. The minimum absolute atomic E-state index is 0.201. The molecule has 0 bridgehead atoms. The van der Waals surface area contributed by atoms with E-state index in [-0.39, 0.29) is 11.9 Å². The predicted octanol–water partition coefficient (Wildman–Crippen LogP) is 2.57. The Bertz CT molecular complexity index is 674. The van der Waals surface area contributed by atoms with Crippen molar-refractivity contribution < 1.29 is 9.63 Å². The SMILES string of the molecule is CCONC(=O)c1cc(C2CC2)nc2c1cnn2C(C)C. The highest BCUT2D eigenvalue weighted by atomic mass is 16.6. The van der Waals surface area contributed by atoms with Crippen molar-refractivity contribution in [2.75, 3.05) is 6.61 Å². The molecule has 0 aromatic carbocycles. The number of nitrogens with zero attached hydrogens (tertiary/aromatic N) is 3. The average molecular weight is 288 g/mol. The van der Waals surface area contributed by atoms with E-state index in [9.17, 15) is 4.79 Å². The van der Waals surface area contributed by atoms with E-state index in [1.54, 1.807) is 6.20 Å². The Morgan fingerprint density at radius 2 is 2.29 bits per heavy atom. The molecule has 2 aromatic heterocycles. The lowest BCUT2D eigenvalue weighted by molar-refractivity contribution is 0.0366. The molecule has 21 heavy (non-hydrogen) atoms. The first-order valence-corrected chi connectivity index (χ1v) is 7.42. The summed E-state index contributed by atoms with van der Waals surface area (Å²) in [4.78, 5) is 22.0. The highest BCUT2D eigenvalue weighted by Crippen LogP contribution is 2.40. The van der Waals surface area contributed by atoms with Crippen LogP contribution in [0.25, 0.3) is 11.0 Å². The number of hydroxylamine groups is 1. The van der Waals surface area contributed by atoms with E-state index in [2.05, 4.69) is 24.4 Å². The standard InChI is InChI=1S/C15H20N4O2/c1-4-21-18-15(20)11-7-13(10-5-6-10)17-14-12(11)8-16-19(14)9(2)3/h7-10H,4-6H2,1-3H3,(H,18,20). The first-order chi connectivity index (χ1) is 10.1. The van der Waals surface area contributed by atoms with Crippen LogP contribution in [0.5, 0.6) is 0 Å². The lowest BCUT2D eigenvalue weighted by atomic mass is 10.1. The van der Waals surface area contributed by atoms with Gasteiger partial charge in [0.1, 0.15) is 0 Å². The van der Waals surface area contributed by atoms with Gasteiger partial charge >= 0.3 is 0 Å². The monoisotopic (exact) mass is 288 g/mol. The van der Waals surface area contributed by atoms with Crippen molar-refractivity contribution in [3.05, 3.63) is 23.5 Å². The van der Waals surface area contributed by atoms with Gasteiger partial charge in [-0.3, -0.25) is 9.63 Å². The van der Waals surface area contributed by atoms with Crippen LogP contribution in [-0.4, -0.2) is 27.3 Å². The molecule has 1 aliphatic rings. The molecule has 0 atom stereocenters. The first-order valence-electron chi connectivity index (χ1n) is 7.42. The summed E-state index contributed by atoms with van der Waals surface area (Å²) in [6, 6.07) is 2.08. The second kappa shape index (κ2) is 5.44. The van der Waals surface area contributed by atoms with Gasteiger partial charge in [-0.1, -0.05) is 0 Å². The van der Waals surface area contributed by atoms with Crippen LogP contribution in [0, 0.1) is 0 Å². The topological polar surface area (TPSA) is 69.0 Å². The second-order valence-electron chi connectivity index (χ2n) is 5.65. The van der Waals surface area contributed by atoms with Gasteiger partial charge in [0.05, 0.1) is 23.8 Å². The van der Waals surface area contributed by atoms with E-state index < -0.39 is 0 Å². The average Bonchev–Trinajstić information content (AvgIpc) is 3.22. The molecular weight excluding hydrogens is 268 g/mol. The molecule has 2 heterocycles. The van der Waals surface area contributed by atoms with Gasteiger partial charge in [0.15, 0.2) is 5.65 Å². The van der Waals surface area contributed by atoms with Crippen molar-refractivity contribution in [1.82, 2.24) is 20.2 Å². The first kappa shape index (κ1) is 14.0. The van der Waals surface area contributed by atoms with E-state index in [0.29, 0.717) is 18.1 Å². The molecule has 1 aliphatic carbocycles. The van der Waals surface area contributed by atoms with Gasteiger partial charge in [-0.25, -0.2) is 15.1 Å². The molecule has 0 saturated heterocycles. The van der Waals surface area contributed by atoms with E-state index in [0.717, 1.165) is 29.6 Å². The van der Waals surface area contributed by atoms with Crippen LogP contribution in [0.2, 0.25) is 0 Å². The van der Waals surface area contributed by atoms with E-state index in [1.165, 1.54) is 0 Å². The molecule has 1 N–H and O–H groups in total. The van der Waals surface area contributed by atoms with Gasteiger partial charge in [-0.15, -0.1) is 0 Å². The number of carbonyl (C=O) groups is 1. The Morgan fingerprint density at radius 3 is 2.90 bits per heavy atom. The van der Waals surface area contributed by atoms with Crippen LogP contribution in [0.4, 0.5) is 0 Å². The maximum Gasteiger partial charge on any atom is 0.275 e. The summed E-state index contributed by atoms with van der Waals surface area (Å²) in [5.41, 5.74) is 4.80. The van der Waals surface area contributed by atoms with Crippen LogP contribution < -0.4 is 5.48 Å². The number of aromatic nitrogens is 3. The van der Waals surface area contributed by atoms with Crippen LogP contribution >= 0.6 is 0 Å². The molecule has 6 heteroatoms. The van der Waals surface area contributed by atoms with Gasteiger partial charge in [-0.05, 0) is 39.7 Å². The number of hydrogen-bond donors (Lipinski definition) is 1. The number of pyridine rings is 1. The van der Waals surface area contributed by atoms with Gasteiger partial charge in [-0.2, -0.15) is 5.10 Å². The number of rotatable bonds is 5. The highest BCUT2D eigenvalue weighted by molar-refractivity contribution is 6.05. The van der Waals surface area contributed by atoms with E-state index in [1.807, 2.05) is 17.7 Å². The van der Waals surface area contributed by atoms with Crippen LogP contribution in [0.15, 0.2) is 12.3 Å². The maximum atomic E-state index is 12.3. The Kier molecular flexibility index (Phi) is 3.63. The van der Waals surface area contributed by atoms with Crippen molar-refractivity contribution in [2.24, 2.45) is 0 Å². The lowest BCUT2D eigenvalue weighted by Crippen LogP contribution is -2.24. The van der Waals surface area contributed by atoms with Gasteiger partial charge in [0.2, 0.25) is 0 Å². The summed E-state index contributed by atoms with van der Waals surface area (Å²) in [5, 5.41) is 5.14. The minimum Gasteiger partial charge on any atom is -0.274 e. The molecule has 1 saturated carbocycles. The van der Waals surface area contributed by atoms with Crippen molar-refractivity contribution in [1.29, 1.82) is 0 Å². The lowest BCUT2D eigenvalue weighted by Gasteiger charge is -2.10. The zero-order valence-corrected chi connectivity index (χ0v) is 12.6. The molecule has 112 valence electrons. The zero-order chi connectivity index (χ0) is 15.0. The van der Waals surface area contributed by atoms with Gasteiger partial charge in [0.25, 0.3) is 5.91 Å². The quantitative estimate of drug-likeness (QED) is 0.859. The normalized spacial score (nSPS) is 14.9. The van der Waals surface area contributed by atoms with E-state index in [4.69, 9.17) is 9.82 Å². The third-order valence-corrected chi connectivity index (χ3v) is 3.63. The molecule has 3 rings (SSSR count). The molecule has 6 nitrogen and oxygen atoms in total. The van der Waals surface area contributed by atoms with E-state index >= 15 is 0 Å². The smallest absolute Gasteiger partial charge is 0.274 e. The molecule has 1 fully saturated rings. The summed E-state index contributed by atoms with van der Waals surface area (Å²) in [6.07, 6.45) is 3.99. The third-order valence-electron chi connectivity index (χ3n) is 3.63. The Morgan fingerprint density at radius 1 is 1.52 bits per heavy atom. The minimum atomic E-state index is -0.241. The number of fused-ring (bicyclic) bond motifs is 1. The predicted molar refractivity (Wildman–Crippen MR) is 79.0 cm³/mol. The van der Waals surface area contributed by atoms with Gasteiger partial charge in [0, 0.05) is 17.7 Å². The fourth-order valence-electron chi connectivity index (χ4n) is 2.38. The number of nitrogens with one attached hydrogen (secondary N) is 1. The fourth-order valence-corrected chi connectivity index (χ4v) is 2.38. The summed E-state index contributed by atoms with van der Waals surface area (Å²) in [7, 11) is 0. The summed E-state index contributed by atoms with van der Waals surface area (Å²) < 4.78 is 1.86. The largest absolute Gasteiger partial charge is 0.275 e. The Hall–Kier alpha value is -1.95. The van der Waals surface area contributed by atoms with Crippen molar-refractivity contribution in [2.45, 2.75) is 45.6 Å². The van der Waals surface area contributed by atoms with Crippen LogP contribution in [0.3, 0.4) is 0 Å². The highest BCUT2D eigenvalue weighted by Gasteiger charge is 2.28. The summed E-state index contributed by atoms with van der Waals surface area (Å²) >= 11 is 0. The maximum absolute atomic E-state index is 12.3.